The summed E-state index contributed by atoms with van der Waals surface area (Å²) in [5, 5.41) is 6.51. The molecule has 1 heterocycles. The van der Waals surface area contributed by atoms with Crippen LogP contribution in [0.15, 0.2) is 35.3 Å². The standard InChI is InChI=1S/C18H29N3O3.HI/c1-19-18(21-10-13-24-17-6-3-2-4-7-17)20-9-5-11-22-14-16-8-12-23-15-16;/h2-4,6-7,16H,5,8-15H2,1H3,(H2,19,20,21);1H. The molecule has 0 radical (unpaired) electrons. The second-order valence-electron chi connectivity index (χ2n) is 5.75. The molecule has 1 unspecified atom stereocenters. The Kier molecular flexibility index (Phi) is 12.4. The molecule has 1 atom stereocenters. The summed E-state index contributed by atoms with van der Waals surface area (Å²) >= 11 is 0. The molecule has 1 aliphatic rings. The van der Waals surface area contributed by atoms with Crippen molar-refractivity contribution in [2.24, 2.45) is 10.9 Å². The average molecular weight is 463 g/mol. The normalized spacial score (nSPS) is 17.0. The molecule has 142 valence electrons. The van der Waals surface area contributed by atoms with Crippen molar-refractivity contribution in [2.45, 2.75) is 12.8 Å². The number of benzene rings is 1. The summed E-state index contributed by atoms with van der Waals surface area (Å²) in [5.74, 6) is 2.25. The van der Waals surface area contributed by atoms with Crippen molar-refractivity contribution in [2.75, 3.05) is 53.2 Å². The summed E-state index contributed by atoms with van der Waals surface area (Å²) in [6, 6.07) is 9.80. The average Bonchev–Trinajstić information content (AvgIpc) is 3.14. The molecule has 0 aromatic heterocycles. The van der Waals surface area contributed by atoms with Gasteiger partial charge >= 0.3 is 0 Å². The number of hydrogen-bond donors (Lipinski definition) is 2. The number of nitrogens with zero attached hydrogens (tertiary/aromatic N) is 1. The third-order valence-electron chi connectivity index (χ3n) is 3.77. The molecule has 2 rings (SSSR count). The zero-order valence-electron chi connectivity index (χ0n) is 14.9. The molecule has 0 spiro atoms. The van der Waals surface area contributed by atoms with Crippen LogP contribution in [0.2, 0.25) is 0 Å². The molecule has 0 amide bonds. The Labute approximate surface area is 167 Å². The van der Waals surface area contributed by atoms with Gasteiger partial charge in [0.05, 0.1) is 19.8 Å². The number of nitrogens with one attached hydrogen (secondary N) is 2. The lowest BCUT2D eigenvalue weighted by Crippen LogP contribution is -2.39. The fourth-order valence-corrected chi connectivity index (χ4v) is 2.42. The van der Waals surface area contributed by atoms with Gasteiger partial charge in [0.25, 0.3) is 0 Å². The van der Waals surface area contributed by atoms with Gasteiger partial charge < -0.3 is 24.8 Å². The minimum Gasteiger partial charge on any atom is -0.492 e. The van der Waals surface area contributed by atoms with Crippen LogP contribution in [0.5, 0.6) is 5.75 Å². The van der Waals surface area contributed by atoms with E-state index in [1.807, 2.05) is 30.3 Å². The lowest BCUT2D eigenvalue weighted by atomic mass is 10.1. The zero-order chi connectivity index (χ0) is 16.9. The largest absolute Gasteiger partial charge is 0.492 e. The number of halogens is 1. The summed E-state index contributed by atoms with van der Waals surface area (Å²) in [6.45, 7) is 5.43. The van der Waals surface area contributed by atoms with E-state index in [1.165, 1.54) is 0 Å². The molecule has 1 saturated heterocycles. The van der Waals surface area contributed by atoms with Crippen LogP contribution >= 0.6 is 24.0 Å². The van der Waals surface area contributed by atoms with Crippen LogP contribution in [0.3, 0.4) is 0 Å². The summed E-state index contributed by atoms with van der Waals surface area (Å²) in [7, 11) is 1.77. The highest BCUT2D eigenvalue weighted by Gasteiger charge is 2.15. The van der Waals surface area contributed by atoms with Gasteiger partial charge in [-0.25, -0.2) is 0 Å². The Morgan fingerprint density at radius 3 is 2.72 bits per heavy atom. The van der Waals surface area contributed by atoms with E-state index < -0.39 is 0 Å². The highest BCUT2D eigenvalue weighted by Crippen LogP contribution is 2.12. The van der Waals surface area contributed by atoms with Gasteiger partial charge in [-0.15, -0.1) is 24.0 Å². The van der Waals surface area contributed by atoms with E-state index in [0.29, 0.717) is 19.1 Å². The van der Waals surface area contributed by atoms with Crippen LogP contribution in [-0.4, -0.2) is 59.1 Å². The van der Waals surface area contributed by atoms with Gasteiger partial charge in [-0.05, 0) is 25.0 Å². The van der Waals surface area contributed by atoms with E-state index in [2.05, 4.69) is 15.6 Å². The van der Waals surface area contributed by atoms with E-state index in [1.54, 1.807) is 7.05 Å². The van der Waals surface area contributed by atoms with Gasteiger partial charge in [0.15, 0.2) is 5.96 Å². The van der Waals surface area contributed by atoms with Gasteiger partial charge in [0.2, 0.25) is 0 Å². The predicted octanol–water partition coefficient (Wildman–Crippen LogP) is 2.29. The second kappa shape index (κ2) is 14.1. The molecule has 0 bridgehead atoms. The Balaban J connectivity index is 0.00000312. The maximum atomic E-state index is 5.68. The number of aliphatic imine (C=N–C) groups is 1. The third kappa shape index (κ3) is 9.86. The molecule has 1 aromatic rings. The van der Waals surface area contributed by atoms with Crippen LogP contribution < -0.4 is 15.4 Å². The molecule has 1 fully saturated rings. The number of ether oxygens (including phenoxy) is 3. The lowest BCUT2D eigenvalue weighted by molar-refractivity contribution is 0.0888. The molecular formula is C18H30IN3O3. The van der Waals surface area contributed by atoms with Gasteiger partial charge in [-0.2, -0.15) is 0 Å². The van der Waals surface area contributed by atoms with Crippen molar-refractivity contribution < 1.29 is 14.2 Å². The Morgan fingerprint density at radius 2 is 2.00 bits per heavy atom. The quantitative estimate of drug-likeness (QED) is 0.241. The molecule has 2 N–H and O–H groups in total. The first-order chi connectivity index (χ1) is 11.9. The van der Waals surface area contributed by atoms with E-state index in [0.717, 1.165) is 57.5 Å². The van der Waals surface area contributed by atoms with Crippen LogP contribution in [0.25, 0.3) is 0 Å². The van der Waals surface area contributed by atoms with E-state index in [4.69, 9.17) is 14.2 Å². The second-order valence-corrected chi connectivity index (χ2v) is 5.75. The molecule has 1 aliphatic heterocycles. The fourth-order valence-electron chi connectivity index (χ4n) is 2.42. The first-order valence-corrected chi connectivity index (χ1v) is 8.66. The van der Waals surface area contributed by atoms with Crippen LogP contribution in [0.4, 0.5) is 0 Å². The van der Waals surface area contributed by atoms with Gasteiger partial charge in [-0.1, -0.05) is 18.2 Å². The maximum absolute atomic E-state index is 5.68. The summed E-state index contributed by atoms with van der Waals surface area (Å²) in [4.78, 5) is 4.19. The topological polar surface area (TPSA) is 64.1 Å². The molecule has 7 heteroatoms. The highest BCUT2D eigenvalue weighted by atomic mass is 127. The Hall–Kier alpha value is -1.06. The Bertz CT molecular complexity index is 468. The zero-order valence-corrected chi connectivity index (χ0v) is 17.2. The SMILES string of the molecule is CN=C(NCCCOCC1CCOC1)NCCOc1ccccc1.I. The van der Waals surface area contributed by atoms with Gasteiger partial charge in [0, 0.05) is 32.7 Å². The molecule has 0 aliphatic carbocycles. The predicted molar refractivity (Wildman–Crippen MR) is 111 cm³/mol. The molecule has 1 aromatic carbocycles. The van der Waals surface area contributed by atoms with E-state index in [9.17, 15) is 0 Å². The van der Waals surface area contributed by atoms with Crippen LogP contribution in [-0.2, 0) is 9.47 Å². The van der Waals surface area contributed by atoms with Crippen molar-refractivity contribution in [3.05, 3.63) is 30.3 Å². The fraction of sp³-hybridized carbons (Fsp3) is 0.611. The first-order valence-electron chi connectivity index (χ1n) is 8.66. The molecular weight excluding hydrogens is 433 g/mol. The minimum atomic E-state index is 0. The van der Waals surface area contributed by atoms with Crippen molar-refractivity contribution in [1.29, 1.82) is 0 Å². The lowest BCUT2D eigenvalue weighted by Gasteiger charge is -2.13. The third-order valence-corrected chi connectivity index (χ3v) is 3.77. The number of guanidine groups is 1. The van der Waals surface area contributed by atoms with Crippen molar-refractivity contribution in [3.63, 3.8) is 0 Å². The van der Waals surface area contributed by atoms with Crippen molar-refractivity contribution >= 4 is 29.9 Å². The smallest absolute Gasteiger partial charge is 0.191 e. The van der Waals surface area contributed by atoms with Crippen LogP contribution in [0.1, 0.15) is 12.8 Å². The van der Waals surface area contributed by atoms with Crippen LogP contribution in [0, 0.1) is 5.92 Å². The van der Waals surface area contributed by atoms with Gasteiger partial charge in [-0.3, -0.25) is 4.99 Å². The minimum absolute atomic E-state index is 0. The number of rotatable bonds is 10. The van der Waals surface area contributed by atoms with Gasteiger partial charge in [0.1, 0.15) is 12.4 Å². The van der Waals surface area contributed by atoms with Crippen molar-refractivity contribution in [1.82, 2.24) is 10.6 Å². The van der Waals surface area contributed by atoms with E-state index in [-0.39, 0.29) is 24.0 Å². The molecule has 6 nitrogen and oxygen atoms in total. The summed E-state index contributed by atoms with van der Waals surface area (Å²) in [5.41, 5.74) is 0. The van der Waals surface area contributed by atoms with Crippen molar-refractivity contribution in [3.8, 4) is 5.75 Å². The molecule has 0 saturated carbocycles. The summed E-state index contributed by atoms with van der Waals surface area (Å²) in [6.07, 6.45) is 2.08. The maximum Gasteiger partial charge on any atom is 0.191 e. The van der Waals surface area contributed by atoms with E-state index >= 15 is 0 Å². The number of hydrogen-bond acceptors (Lipinski definition) is 4. The monoisotopic (exact) mass is 463 g/mol. The highest BCUT2D eigenvalue weighted by molar-refractivity contribution is 14.0. The first kappa shape index (κ1) is 22.0. The Morgan fingerprint density at radius 1 is 1.20 bits per heavy atom. The number of para-hydroxylation sites is 1. The molecule has 25 heavy (non-hydrogen) atoms. The summed E-state index contributed by atoms with van der Waals surface area (Å²) < 4.78 is 16.6.